The number of carbonyl (C=O) groups excluding carboxylic acids is 3. The van der Waals surface area contributed by atoms with Gasteiger partial charge in [0.2, 0.25) is 18.0 Å². The zero-order chi connectivity index (χ0) is 14.5. The summed E-state index contributed by atoms with van der Waals surface area (Å²) < 4.78 is 0. The quantitative estimate of drug-likeness (QED) is 0.474. The van der Waals surface area contributed by atoms with Gasteiger partial charge in [0.15, 0.2) is 0 Å². The Kier molecular flexibility index (Phi) is 4.05. The SMILES string of the molecule is CN(C=O)c1ccc(C(=O)C(=O)c2ccccc2)cc1. The van der Waals surface area contributed by atoms with Crippen LogP contribution < -0.4 is 4.90 Å². The molecule has 100 valence electrons. The lowest BCUT2D eigenvalue weighted by Crippen LogP contribution is -2.16. The molecule has 0 radical (unpaired) electrons. The molecule has 2 rings (SSSR count). The third-order valence-electron chi connectivity index (χ3n) is 2.94. The number of anilines is 1. The molecule has 0 spiro atoms. The molecule has 0 aliphatic rings. The summed E-state index contributed by atoms with van der Waals surface area (Å²) in [6.07, 6.45) is 0.673. The van der Waals surface area contributed by atoms with E-state index >= 15 is 0 Å². The molecule has 20 heavy (non-hydrogen) atoms. The molecular weight excluding hydrogens is 254 g/mol. The fourth-order valence-corrected chi connectivity index (χ4v) is 1.76. The van der Waals surface area contributed by atoms with Crippen LogP contribution in [0.5, 0.6) is 0 Å². The molecule has 0 saturated carbocycles. The highest BCUT2D eigenvalue weighted by molar-refractivity contribution is 6.49. The second-order valence-electron chi connectivity index (χ2n) is 4.29. The fraction of sp³-hybridized carbons (Fsp3) is 0.0625. The maximum atomic E-state index is 12.1. The second-order valence-corrected chi connectivity index (χ2v) is 4.29. The van der Waals surface area contributed by atoms with Crippen LogP contribution in [-0.2, 0) is 4.79 Å². The molecule has 4 nitrogen and oxygen atoms in total. The normalized spacial score (nSPS) is 9.85. The van der Waals surface area contributed by atoms with Gasteiger partial charge in [-0.15, -0.1) is 0 Å². The minimum Gasteiger partial charge on any atom is -0.318 e. The number of hydrogen-bond acceptors (Lipinski definition) is 3. The summed E-state index contributed by atoms with van der Waals surface area (Å²) in [7, 11) is 1.61. The van der Waals surface area contributed by atoms with Crippen LogP contribution in [0.25, 0.3) is 0 Å². The van der Waals surface area contributed by atoms with Crippen molar-refractivity contribution in [1.82, 2.24) is 0 Å². The smallest absolute Gasteiger partial charge is 0.233 e. The highest BCUT2D eigenvalue weighted by atomic mass is 16.2. The van der Waals surface area contributed by atoms with Gasteiger partial charge < -0.3 is 4.90 Å². The van der Waals surface area contributed by atoms with E-state index in [1.165, 1.54) is 4.90 Å². The van der Waals surface area contributed by atoms with Crippen molar-refractivity contribution >= 4 is 23.7 Å². The summed E-state index contributed by atoms with van der Waals surface area (Å²) in [6, 6.07) is 14.7. The Hall–Kier alpha value is -2.75. The third kappa shape index (κ3) is 2.80. The number of ketones is 2. The molecule has 0 heterocycles. The Bertz CT molecular complexity index is 633. The number of amides is 1. The summed E-state index contributed by atoms with van der Waals surface area (Å²) in [4.78, 5) is 36.1. The molecule has 0 aliphatic heterocycles. The summed E-state index contributed by atoms with van der Waals surface area (Å²) >= 11 is 0. The molecule has 0 saturated heterocycles. The summed E-state index contributed by atoms with van der Waals surface area (Å²) in [5.41, 5.74) is 1.33. The van der Waals surface area contributed by atoms with E-state index in [1.807, 2.05) is 0 Å². The van der Waals surface area contributed by atoms with E-state index in [9.17, 15) is 14.4 Å². The van der Waals surface area contributed by atoms with Crippen LogP contribution >= 0.6 is 0 Å². The highest BCUT2D eigenvalue weighted by Gasteiger charge is 2.17. The average Bonchev–Trinajstić information content (AvgIpc) is 2.53. The van der Waals surface area contributed by atoms with Crippen molar-refractivity contribution in [2.45, 2.75) is 0 Å². The summed E-state index contributed by atoms with van der Waals surface area (Å²) in [5, 5.41) is 0. The first-order chi connectivity index (χ1) is 9.63. The van der Waals surface area contributed by atoms with Crippen molar-refractivity contribution in [3.8, 4) is 0 Å². The van der Waals surface area contributed by atoms with E-state index in [2.05, 4.69) is 0 Å². The van der Waals surface area contributed by atoms with E-state index in [0.29, 0.717) is 23.2 Å². The molecule has 0 unspecified atom stereocenters. The lowest BCUT2D eigenvalue weighted by atomic mass is 10.0. The molecular formula is C16H13NO3. The predicted octanol–water partition coefficient (Wildman–Crippen LogP) is 2.34. The Balaban J connectivity index is 2.22. The zero-order valence-electron chi connectivity index (χ0n) is 10.9. The molecule has 0 bridgehead atoms. The van der Waals surface area contributed by atoms with Crippen molar-refractivity contribution < 1.29 is 14.4 Å². The molecule has 2 aromatic rings. The maximum Gasteiger partial charge on any atom is 0.233 e. The predicted molar refractivity (Wildman–Crippen MR) is 76.0 cm³/mol. The molecule has 0 fully saturated rings. The van der Waals surface area contributed by atoms with Gasteiger partial charge in [0, 0.05) is 23.9 Å². The van der Waals surface area contributed by atoms with E-state index in [-0.39, 0.29) is 0 Å². The van der Waals surface area contributed by atoms with Crippen LogP contribution in [0, 0.1) is 0 Å². The van der Waals surface area contributed by atoms with Crippen LogP contribution in [-0.4, -0.2) is 25.0 Å². The first-order valence-electron chi connectivity index (χ1n) is 6.06. The molecule has 2 aromatic carbocycles. The van der Waals surface area contributed by atoms with Crippen molar-refractivity contribution in [3.05, 3.63) is 65.7 Å². The molecule has 0 aromatic heterocycles. The average molecular weight is 267 g/mol. The lowest BCUT2D eigenvalue weighted by Gasteiger charge is -2.10. The van der Waals surface area contributed by atoms with Gasteiger partial charge in [-0.25, -0.2) is 0 Å². The summed E-state index contributed by atoms with van der Waals surface area (Å²) in [5.74, 6) is -1.10. The highest BCUT2D eigenvalue weighted by Crippen LogP contribution is 2.14. The van der Waals surface area contributed by atoms with Crippen molar-refractivity contribution in [2.75, 3.05) is 11.9 Å². The number of carbonyl (C=O) groups is 3. The topological polar surface area (TPSA) is 54.5 Å². The summed E-state index contributed by atoms with van der Waals surface area (Å²) in [6.45, 7) is 0. The molecule has 0 N–H and O–H groups in total. The van der Waals surface area contributed by atoms with E-state index in [4.69, 9.17) is 0 Å². The largest absolute Gasteiger partial charge is 0.318 e. The van der Waals surface area contributed by atoms with E-state index in [1.54, 1.807) is 61.6 Å². The van der Waals surface area contributed by atoms with Gasteiger partial charge in [-0.05, 0) is 24.3 Å². The monoisotopic (exact) mass is 267 g/mol. The Morgan fingerprint density at radius 1 is 0.850 bits per heavy atom. The second kappa shape index (κ2) is 5.93. The minimum atomic E-state index is -0.559. The molecule has 0 aliphatic carbocycles. The number of nitrogens with zero attached hydrogens (tertiary/aromatic N) is 1. The third-order valence-corrected chi connectivity index (χ3v) is 2.94. The van der Waals surface area contributed by atoms with Crippen LogP contribution in [0.4, 0.5) is 5.69 Å². The van der Waals surface area contributed by atoms with Crippen LogP contribution in [0.2, 0.25) is 0 Å². The number of Topliss-reactive ketones (excluding diaryl/α,β-unsaturated/α-hetero) is 2. The van der Waals surface area contributed by atoms with Crippen molar-refractivity contribution in [2.24, 2.45) is 0 Å². The number of hydrogen-bond donors (Lipinski definition) is 0. The lowest BCUT2D eigenvalue weighted by molar-refractivity contribution is -0.107. The molecule has 4 heteroatoms. The van der Waals surface area contributed by atoms with Gasteiger partial charge in [-0.2, -0.15) is 0 Å². The molecule has 0 atom stereocenters. The Morgan fingerprint density at radius 2 is 1.35 bits per heavy atom. The number of rotatable bonds is 5. The van der Waals surface area contributed by atoms with Crippen LogP contribution in [0.1, 0.15) is 20.7 Å². The van der Waals surface area contributed by atoms with Gasteiger partial charge >= 0.3 is 0 Å². The van der Waals surface area contributed by atoms with Gasteiger partial charge in [0.1, 0.15) is 0 Å². The van der Waals surface area contributed by atoms with Gasteiger partial charge in [-0.3, -0.25) is 14.4 Å². The maximum absolute atomic E-state index is 12.1. The first kappa shape index (κ1) is 13.7. The number of benzene rings is 2. The van der Waals surface area contributed by atoms with Gasteiger partial charge in [-0.1, -0.05) is 30.3 Å². The van der Waals surface area contributed by atoms with Crippen LogP contribution in [0.3, 0.4) is 0 Å². The minimum absolute atomic E-state index is 0.307. The Labute approximate surface area is 116 Å². The van der Waals surface area contributed by atoms with Crippen molar-refractivity contribution in [1.29, 1.82) is 0 Å². The van der Waals surface area contributed by atoms with Crippen LogP contribution in [0.15, 0.2) is 54.6 Å². The van der Waals surface area contributed by atoms with Gasteiger partial charge in [0.05, 0.1) is 0 Å². The van der Waals surface area contributed by atoms with E-state index < -0.39 is 11.6 Å². The zero-order valence-corrected chi connectivity index (χ0v) is 10.9. The standard InChI is InChI=1S/C16H13NO3/c1-17(11-18)14-9-7-13(8-10-14)16(20)15(19)12-5-3-2-4-6-12/h2-11H,1H3. The first-order valence-corrected chi connectivity index (χ1v) is 6.06. The fourth-order valence-electron chi connectivity index (χ4n) is 1.76. The van der Waals surface area contributed by atoms with E-state index in [0.717, 1.165) is 0 Å². The molecule has 1 amide bonds. The van der Waals surface area contributed by atoms with Gasteiger partial charge in [0.25, 0.3) is 0 Å². The van der Waals surface area contributed by atoms with Crippen molar-refractivity contribution in [3.63, 3.8) is 0 Å². The Morgan fingerprint density at radius 3 is 1.85 bits per heavy atom.